The Hall–Kier alpha value is -1.48. The van der Waals surface area contributed by atoms with Crippen LogP contribution in [0.1, 0.15) is 31.2 Å². The first-order valence-electron chi connectivity index (χ1n) is 6.47. The molecule has 94 valence electrons. The predicted octanol–water partition coefficient (Wildman–Crippen LogP) is 3.30. The number of nitrogens with zero attached hydrogens (tertiary/aromatic N) is 1. The number of hydrogen-bond donors (Lipinski definition) is 1. The number of nitrogens with two attached hydrogens (primary N) is 1. The molecule has 1 saturated carbocycles. The molecule has 3 rings (SSSR count). The second-order valence-corrected chi connectivity index (χ2v) is 5.21. The molecule has 0 radical (unpaired) electrons. The van der Waals surface area contributed by atoms with E-state index in [9.17, 15) is 4.39 Å². The lowest BCUT2D eigenvalue weighted by atomic mass is 9.79. The van der Waals surface area contributed by atoms with E-state index in [1.165, 1.54) is 0 Å². The molecule has 0 bridgehead atoms. The molecule has 1 aromatic heterocycles. The number of alkyl halides is 1. The highest BCUT2D eigenvalue weighted by Gasteiger charge is 2.35. The summed E-state index contributed by atoms with van der Waals surface area (Å²) < 4.78 is 14.9. The van der Waals surface area contributed by atoms with Crippen molar-refractivity contribution in [1.29, 1.82) is 0 Å². The number of benzene rings is 1. The minimum absolute atomic E-state index is 0.163. The summed E-state index contributed by atoms with van der Waals surface area (Å²) in [4.78, 5) is 4.26. The standard InChI is InChI=1S/C15H17FN2/c16-15(7-5-13(17)6-8-15)12-3-4-14-11(10-12)2-1-9-18-14/h1-4,9-10,13H,5-8,17H2. The van der Waals surface area contributed by atoms with Gasteiger partial charge in [0.1, 0.15) is 5.67 Å². The topological polar surface area (TPSA) is 38.9 Å². The number of fused-ring (bicyclic) bond motifs is 1. The Balaban J connectivity index is 1.98. The second-order valence-electron chi connectivity index (χ2n) is 5.21. The fourth-order valence-electron chi connectivity index (χ4n) is 2.74. The summed E-state index contributed by atoms with van der Waals surface area (Å²) in [5.41, 5.74) is 6.33. The van der Waals surface area contributed by atoms with Gasteiger partial charge in [-0.15, -0.1) is 0 Å². The van der Waals surface area contributed by atoms with Crippen LogP contribution in [0.2, 0.25) is 0 Å². The van der Waals surface area contributed by atoms with Crippen LogP contribution in [0.15, 0.2) is 36.5 Å². The first-order chi connectivity index (χ1) is 8.67. The average Bonchev–Trinajstić information content (AvgIpc) is 2.42. The van der Waals surface area contributed by atoms with Crippen LogP contribution in [0.25, 0.3) is 10.9 Å². The highest BCUT2D eigenvalue weighted by molar-refractivity contribution is 5.79. The van der Waals surface area contributed by atoms with Crippen molar-refractivity contribution in [2.45, 2.75) is 37.4 Å². The van der Waals surface area contributed by atoms with Crippen LogP contribution in [-0.2, 0) is 5.67 Å². The van der Waals surface area contributed by atoms with Crippen LogP contribution in [0.5, 0.6) is 0 Å². The molecule has 0 atom stereocenters. The van der Waals surface area contributed by atoms with Gasteiger partial charge in [0.15, 0.2) is 0 Å². The lowest BCUT2D eigenvalue weighted by Gasteiger charge is -2.33. The Morgan fingerprint density at radius 1 is 1.22 bits per heavy atom. The molecule has 0 saturated heterocycles. The molecular weight excluding hydrogens is 227 g/mol. The van der Waals surface area contributed by atoms with Crippen LogP contribution in [0.4, 0.5) is 4.39 Å². The summed E-state index contributed by atoms with van der Waals surface area (Å²) >= 11 is 0. The third-order valence-corrected chi connectivity index (χ3v) is 3.94. The van der Waals surface area contributed by atoms with E-state index in [-0.39, 0.29) is 6.04 Å². The summed E-state index contributed by atoms with van der Waals surface area (Å²) in [6.07, 6.45) is 4.34. The smallest absolute Gasteiger partial charge is 0.136 e. The quantitative estimate of drug-likeness (QED) is 0.836. The fourth-order valence-corrected chi connectivity index (χ4v) is 2.74. The van der Waals surface area contributed by atoms with Crippen molar-refractivity contribution in [2.24, 2.45) is 5.73 Å². The minimum Gasteiger partial charge on any atom is -0.328 e. The first kappa shape index (κ1) is 11.6. The van der Waals surface area contributed by atoms with Crippen molar-refractivity contribution in [3.63, 3.8) is 0 Å². The van der Waals surface area contributed by atoms with Gasteiger partial charge in [-0.05, 0) is 49.4 Å². The van der Waals surface area contributed by atoms with E-state index in [0.717, 1.165) is 29.3 Å². The number of pyridine rings is 1. The molecule has 0 amide bonds. The van der Waals surface area contributed by atoms with Gasteiger partial charge in [-0.2, -0.15) is 0 Å². The van der Waals surface area contributed by atoms with E-state index in [0.29, 0.717) is 12.8 Å². The van der Waals surface area contributed by atoms with Crippen molar-refractivity contribution in [3.05, 3.63) is 42.1 Å². The number of aromatic nitrogens is 1. The van der Waals surface area contributed by atoms with Gasteiger partial charge in [0.25, 0.3) is 0 Å². The zero-order valence-corrected chi connectivity index (χ0v) is 10.3. The summed E-state index contributed by atoms with van der Waals surface area (Å²) in [5, 5.41) is 1.00. The van der Waals surface area contributed by atoms with Crippen LogP contribution >= 0.6 is 0 Å². The van der Waals surface area contributed by atoms with Gasteiger partial charge in [0.2, 0.25) is 0 Å². The van der Waals surface area contributed by atoms with E-state index in [4.69, 9.17) is 5.73 Å². The van der Waals surface area contributed by atoms with Crippen LogP contribution < -0.4 is 5.73 Å². The lowest BCUT2D eigenvalue weighted by molar-refractivity contribution is 0.0981. The largest absolute Gasteiger partial charge is 0.328 e. The molecule has 18 heavy (non-hydrogen) atoms. The molecule has 3 heteroatoms. The summed E-state index contributed by atoms with van der Waals surface area (Å²) in [6.45, 7) is 0. The average molecular weight is 244 g/mol. The van der Waals surface area contributed by atoms with E-state index < -0.39 is 5.67 Å². The Labute approximate surface area is 106 Å². The van der Waals surface area contributed by atoms with Gasteiger partial charge in [-0.1, -0.05) is 12.1 Å². The zero-order chi connectivity index (χ0) is 12.6. The normalized spacial score (nSPS) is 28.4. The summed E-state index contributed by atoms with van der Waals surface area (Å²) in [7, 11) is 0. The third kappa shape index (κ3) is 1.99. The molecule has 2 aromatic rings. The Morgan fingerprint density at radius 3 is 2.78 bits per heavy atom. The monoisotopic (exact) mass is 244 g/mol. The van der Waals surface area contributed by atoms with Crippen LogP contribution in [0.3, 0.4) is 0 Å². The first-order valence-corrected chi connectivity index (χ1v) is 6.47. The highest BCUT2D eigenvalue weighted by Crippen LogP contribution is 2.41. The SMILES string of the molecule is NC1CCC(F)(c2ccc3ncccc3c2)CC1. The maximum absolute atomic E-state index is 14.9. The fraction of sp³-hybridized carbons (Fsp3) is 0.400. The summed E-state index contributed by atoms with van der Waals surface area (Å²) in [6, 6.07) is 9.72. The lowest BCUT2D eigenvalue weighted by Crippen LogP contribution is -2.33. The maximum Gasteiger partial charge on any atom is 0.136 e. The Morgan fingerprint density at radius 2 is 2.00 bits per heavy atom. The van der Waals surface area contributed by atoms with Gasteiger partial charge in [0.05, 0.1) is 5.52 Å². The Bertz CT molecular complexity index is 559. The molecule has 0 spiro atoms. The molecule has 2 N–H and O–H groups in total. The van der Waals surface area contributed by atoms with Crippen molar-refractivity contribution in [1.82, 2.24) is 4.98 Å². The molecule has 1 aliphatic rings. The molecule has 0 aliphatic heterocycles. The molecule has 1 fully saturated rings. The molecule has 1 aromatic carbocycles. The maximum atomic E-state index is 14.9. The van der Waals surface area contributed by atoms with E-state index in [1.807, 2.05) is 30.3 Å². The summed E-state index contributed by atoms with van der Waals surface area (Å²) in [5.74, 6) is 0. The van der Waals surface area contributed by atoms with Gasteiger partial charge < -0.3 is 5.73 Å². The Kier molecular flexibility index (Phi) is 2.78. The van der Waals surface area contributed by atoms with Crippen molar-refractivity contribution in [3.8, 4) is 0 Å². The molecule has 1 aliphatic carbocycles. The van der Waals surface area contributed by atoms with E-state index in [1.54, 1.807) is 6.20 Å². The predicted molar refractivity (Wildman–Crippen MR) is 71.0 cm³/mol. The number of hydrogen-bond acceptors (Lipinski definition) is 2. The van der Waals surface area contributed by atoms with Gasteiger partial charge in [0, 0.05) is 17.6 Å². The molecule has 2 nitrogen and oxygen atoms in total. The van der Waals surface area contributed by atoms with Gasteiger partial charge in [-0.25, -0.2) is 4.39 Å². The number of halogens is 1. The van der Waals surface area contributed by atoms with Crippen LogP contribution in [-0.4, -0.2) is 11.0 Å². The molecular formula is C15H17FN2. The zero-order valence-electron chi connectivity index (χ0n) is 10.3. The van der Waals surface area contributed by atoms with Crippen LogP contribution in [0, 0.1) is 0 Å². The van der Waals surface area contributed by atoms with Gasteiger partial charge in [-0.3, -0.25) is 4.98 Å². The third-order valence-electron chi connectivity index (χ3n) is 3.94. The minimum atomic E-state index is -1.21. The van der Waals surface area contributed by atoms with E-state index >= 15 is 0 Å². The molecule has 0 unspecified atom stereocenters. The van der Waals surface area contributed by atoms with Crippen molar-refractivity contribution < 1.29 is 4.39 Å². The van der Waals surface area contributed by atoms with E-state index in [2.05, 4.69) is 4.98 Å². The van der Waals surface area contributed by atoms with Crippen molar-refractivity contribution >= 4 is 10.9 Å². The number of rotatable bonds is 1. The highest BCUT2D eigenvalue weighted by atomic mass is 19.1. The van der Waals surface area contributed by atoms with Crippen molar-refractivity contribution in [2.75, 3.05) is 0 Å². The van der Waals surface area contributed by atoms with Gasteiger partial charge >= 0.3 is 0 Å². The second kappa shape index (κ2) is 4.32. The molecule has 1 heterocycles.